The Morgan fingerprint density at radius 1 is 1.17 bits per heavy atom. The van der Waals surface area contributed by atoms with Crippen LogP contribution in [-0.4, -0.2) is 43.9 Å². The van der Waals surface area contributed by atoms with Gasteiger partial charge in [0.15, 0.2) is 0 Å². The third kappa shape index (κ3) is 3.72. The summed E-state index contributed by atoms with van der Waals surface area (Å²) < 4.78 is 11.4. The molecule has 1 atom stereocenters. The van der Waals surface area contributed by atoms with Gasteiger partial charge in [-0.2, -0.15) is 0 Å². The normalized spacial score (nSPS) is 25.0. The van der Waals surface area contributed by atoms with Gasteiger partial charge in [0.2, 0.25) is 0 Å². The van der Waals surface area contributed by atoms with E-state index in [-0.39, 0.29) is 0 Å². The highest BCUT2D eigenvalue weighted by Crippen LogP contribution is 2.25. The first-order valence-corrected chi connectivity index (χ1v) is 7.32. The summed E-state index contributed by atoms with van der Waals surface area (Å²) in [6.45, 7) is 15.1. The van der Waals surface area contributed by atoms with Crippen LogP contribution in [0.2, 0.25) is 0 Å². The zero-order valence-electron chi connectivity index (χ0n) is 12.7. The van der Waals surface area contributed by atoms with Crippen molar-refractivity contribution in [1.29, 1.82) is 0 Å². The monoisotopic (exact) mass is 255 g/mol. The maximum absolute atomic E-state index is 5.78. The van der Waals surface area contributed by atoms with Crippen LogP contribution in [0, 0.1) is 5.92 Å². The molecule has 18 heavy (non-hydrogen) atoms. The second-order valence-electron chi connectivity index (χ2n) is 5.06. The van der Waals surface area contributed by atoms with E-state index in [9.17, 15) is 0 Å². The summed E-state index contributed by atoms with van der Waals surface area (Å²) >= 11 is 0. The first-order valence-electron chi connectivity index (χ1n) is 7.32. The lowest BCUT2D eigenvalue weighted by Crippen LogP contribution is -2.38. The molecule has 3 heteroatoms. The molecule has 1 saturated heterocycles. The van der Waals surface area contributed by atoms with Gasteiger partial charge in [0.05, 0.1) is 25.9 Å². The largest absolute Gasteiger partial charge is 0.379 e. The van der Waals surface area contributed by atoms with Crippen LogP contribution in [0.5, 0.6) is 0 Å². The molecule has 106 valence electrons. The van der Waals surface area contributed by atoms with Gasteiger partial charge in [0, 0.05) is 18.8 Å². The van der Waals surface area contributed by atoms with Crippen molar-refractivity contribution in [2.45, 2.75) is 47.1 Å². The summed E-state index contributed by atoms with van der Waals surface area (Å²) in [5.41, 5.74) is 2.87. The van der Waals surface area contributed by atoms with Crippen molar-refractivity contribution in [3.8, 4) is 0 Å². The summed E-state index contributed by atoms with van der Waals surface area (Å²) in [5.74, 6) is 0.572. The summed E-state index contributed by atoms with van der Waals surface area (Å²) in [6, 6.07) is 0.416. The second-order valence-corrected chi connectivity index (χ2v) is 5.06. The van der Waals surface area contributed by atoms with E-state index in [0.717, 1.165) is 39.4 Å². The van der Waals surface area contributed by atoms with Crippen LogP contribution in [0.4, 0.5) is 0 Å². The van der Waals surface area contributed by atoms with Gasteiger partial charge in [-0.15, -0.1) is 0 Å². The minimum Gasteiger partial charge on any atom is -0.379 e. The Labute approximate surface area is 112 Å². The van der Waals surface area contributed by atoms with Crippen LogP contribution in [0.3, 0.4) is 0 Å². The smallest absolute Gasteiger partial charge is 0.0754 e. The molecule has 0 amide bonds. The van der Waals surface area contributed by atoms with Gasteiger partial charge in [0.25, 0.3) is 0 Å². The third-order valence-electron chi connectivity index (χ3n) is 3.60. The number of hydrogen-bond acceptors (Lipinski definition) is 3. The van der Waals surface area contributed by atoms with Crippen LogP contribution in [0.1, 0.15) is 41.0 Å². The molecule has 0 bridgehead atoms. The van der Waals surface area contributed by atoms with Crippen molar-refractivity contribution >= 4 is 0 Å². The van der Waals surface area contributed by atoms with Crippen LogP contribution in [0.25, 0.3) is 0 Å². The van der Waals surface area contributed by atoms with E-state index < -0.39 is 0 Å². The van der Waals surface area contributed by atoms with Gasteiger partial charge in [-0.3, -0.25) is 0 Å². The summed E-state index contributed by atoms with van der Waals surface area (Å²) in [4.78, 5) is 2.50. The molecular formula is C15H29NO2. The maximum Gasteiger partial charge on any atom is 0.0754 e. The fraction of sp³-hybridized carbons (Fsp3) is 0.867. The lowest BCUT2D eigenvalue weighted by molar-refractivity contribution is 0.0562. The van der Waals surface area contributed by atoms with Gasteiger partial charge >= 0.3 is 0 Å². The molecule has 2 aliphatic heterocycles. The van der Waals surface area contributed by atoms with E-state index in [1.807, 2.05) is 13.8 Å². The van der Waals surface area contributed by atoms with E-state index in [2.05, 4.69) is 25.7 Å². The fourth-order valence-electron chi connectivity index (χ4n) is 2.59. The van der Waals surface area contributed by atoms with E-state index in [1.165, 1.54) is 11.3 Å². The number of hydrogen-bond donors (Lipinski definition) is 0. The Balaban J connectivity index is 0.000000771. The molecule has 1 unspecified atom stereocenters. The van der Waals surface area contributed by atoms with E-state index in [0.29, 0.717) is 12.0 Å². The third-order valence-corrected chi connectivity index (χ3v) is 3.60. The average molecular weight is 255 g/mol. The SMILES string of the molecule is CC.CC1=C(C(C)C)COCC2COCCCN12. The number of rotatable bonds is 1. The van der Waals surface area contributed by atoms with Crippen molar-refractivity contribution < 1.29 is 9.47 Å². The highest BCUT2D eigenvalue weighted by molar-refractivity contribution is 5.16. The van der Waals surface area contributed by atoms with Crippen LogP contribution >= 0.6 is 0 Å². The minimum atomic E-state index is 0.416. The molecule has 2 rings (SSSR count). The molecule has 0 aromatic carbocycles. The van der Waals surface area contributed by atoms with Crippen LogP contribution in [0.15, 0.2) is 11.3 Å². The number of allylic oxidation sites excluding steroid dienone is 1. The molecule has 2 aliphatic rings. The highest BCUT2D eigenvalue weighted by Gasteiger charge is 2.27. The number of ether oxygens (including phenoxy) is 2. The summed E-state index contributed by atoms with van der Waals surface area (Å²) in [7, 11) is 0. The molecule has 0 aliphatic carbocycles. The molecule has 0 aromatic rings. The molecule has 1 fully saturated rings. The number of fused-ring (bicyclic) bond motifs is 1. The Morgan fingerprint density at radius 3 is 2.50 bits per heavy atom. The van der Waals surface area contributed by atoms with Gasteiger partial charge in [-0.25, -0.2) is 0 Å². The Bertz CT molecular complexity index is 274. The average Bonchev–Trinajstić information content (AvgIpc) is 2.68. The molecule has 0 spiro atoms. The quantitative estimate of drug-likeness (QED) is 0.719. The number of nitrogens with zero attached hydrogens (tertiary/aromatic N) is 1. The summed E-state index contributed by atoms with van der Waals surface area (Å²) in [6.07, 6.45) is 1.12. The maximum atomic E-state index is 5.78. The molecule has 3 nitrogen and oxygen atoms in total. The van der Waals surface area contributed by atoms with Gasteiger partial charge in [-0.05, 0) is 24.8 Å². The van der Waals surface area contributed by atoms with Crippen molar-refractivity contribution in [3.05, 3.63) is 11.3 Å². The molecule has 0 saturated carbocycles. The Morgan fingerprint density at radius 2 is 1.83 bits per heavy atom. The summed E-state index contributed by atoms with van der Waals surface area (Å²) in [5, 5.41) is 0. The topological polar surface area (TPSA) is 21.7 Å². The first kappa shape index (κ1) is 15.5. The van der Waals surface area contributed by atoms with Crippen molar-refractivity contribution in [2.24, 2.45) is 5.92 Å². The molecule has 0 radical (unpaired) electrons. The zero-order chi connectivity index (χ0) is 13.5. The predicted molar refractivity (Wildman–Crippen MR) is 75.6 cm³/mol. The van der Waals surface area contributed by atoms with Gasteiger partial charge < -0.3 is 14.4 Å². The molecule has 0 N–H and O–H groups in total. The van der Waals surface area contributed by atoms with Crippen LogP contribution < -0.4 is 0 Å². The highest BCUT2D eigenvalue weighted by atomic mass is 16.5. The van der Waals surface area contributed by atoms with Crippen molar-refractivity contribution in [3.63, 3.8) is 0 Å². The van der Waals surface area contributed by atoms with E-state index >= 15 is 0 Å². The van der Waals surface area contributed by atoms with Crippen molar-refractivity contribution in [2.75, 3.05) is 33.0 Å². The van der Waals surface area contributed by atoms with Gasteiger partial charge in [0.1, 0.15) is 0 Å². The Hall–Kier alpha value is -0.540. The van der Waals surface area contributed by atoms with Crippen molar-refractivity contribution in [1.82, 2.24) is 4.90 Å². The molecule has 2 heterocycles. The molecular weight excluding hydrogens is 226 g/mol. The lowest BCUT2D eigenvalue weighted by atomic mass is 10.0. The lowest BCUT2D eigenvalue weighted by Gasteiger charge is -2.31. The van der Waals surface area contributed by atoms with E-state index in [4.69, 9.17) is 9.47 Å². The standard InChI is InChI=1S/C13H23NO2.C2H6/c1-10(2)13-9-16-8-12-7-15-6-4-5-14(12)11(13)3;1-2/h10,12H,4-9H2,1-3H3;1-2H3. The van der Waals surface area contributed by atoms with Gasteiger partial charge in [-0.1, -0.05) is 27.7 Å². The second kappa shape index (κ2) is 7.80. The minimum absolute atomic E-state index is 0.416. The van der Waals surface area contributed by atoms with Crippen LogP contribution in [-0.2, 0) is 9.47 Å². The first-order chi connectivity index (χ1) is 8.70. The predicted octanol–water partition coefficient (Wildman–Crippen LogP) is 3.06. The van der Waals surface area contributed by atoms with E-state index in [1.54, 1.807) is 0 Å². The fourth-order valence-corrected chi connectivity index (χ4v) is 2.59. The zero-order valence-corrected chi connectivity index (χ0v) is 12.7. The Kier molecular flexibility index (Phi) is 6.72. The molecule has 0 aromatic heterocycles.